The van der Waals surface area contributed by atoms with E-state index in [4.69, 9.17) is 15.7 Å². The number of β-amino-alcohol motifs (C(OH)–C–C–N with tert-alkyl or cyclic N) is 1. The van der Waals surface area contributed by atoms with Crippen molar-refractivity contribution in [2.45, 2.75) is 89.6 Å². The van der Waals surface area contributed by atoms with E-state index in [0.717, 1.165) is 113 Å². The number of anilines is 1. The number of aliphatic hydroxyl groups excluding tert-OH is 1. The van der Waals surface area contributed by atoms with Crippen LogP contribution >= 0.6 is 0 Å². The van der Waals surface area contributed by atoms with Gasteiger partial charge in [-0.3, -0.25) is 29.5 Å². The Morgan fingerprint density at radius 2 is 1.61 bits per heavy atom. The van der Waals surface area contributed by atoms with Crippen LogP contribution in [0.2, 0.25) is 0 Å². The maximum atomic E-state index is 15.4. The fourth-order valence-electron chi connectivity index (χ4n) is 9.58. The van der Waals surface area contributed by atoms with Crippen molar-refractivity contribution in [2.75, 3.05) is 70.9 Å². The van der Waals surface area contributed by atoms with Gasteiger partial charge in [0, 0.05) is 74.2 Å². The number of aliphatic hydroxyl groups is 1. The number of allylic oxidation sites excluding steroid dienone is 1. The number of likely N-dealkylation sites (tertiary alicyclic amines) is 1. The molecule has 4 aromatic rings. The number of nitrogens with two attached hydrogens (primary N) is 1. The highest BCUT2D eigenvalue weighted by Crippen LogP contribution is 2.33. The van der Waals surface area contributed by atoms with E-state index in [1.807, 2.05) is 48.2 Å². The number of nitrogens with zero attached hydrogens (tertiary/aromatic N) is 6. The Hall–Kier alpha value is -5.34. The van der Waals surface area contributed by atoms with Gasteiger partial charge in [-0.05, 0) is 112 Å². The Morgan fingerprint density at radius 1 is 0.875 bits per heavy atom. The second-order valence-corrected chi connectivity index (χ2v) is 17.8. The number of nitrogens with one attached hydrogen (secondary N) is 1. The Balaban J connectivity index is 0.889. The summed E-state index contributed by atoms with van der Waals surface area (Å²) in [5, 5.41) is 11.9. The van der Waals surface area contributed by atoms with Crippen LogP contribution in [0.3, 0.4) is 0 Å². The molecule has 0 spiro atoms. The molecular formula is C51H65FN8O4. The lowest BCUT2D eigenvalue weighted by Crippen LogP contribution is -2.51. The monoisotopic (exact) mass is 873 g/mol. The average molecular weight is 873 g/mol. The number of aryl methyl sites for hydroxylation is 1. The van der Waals surface area contributed by atoms with Crippen molar-refractivity contribution >= 4 is 29.5 Å². The lowest BCUT2D eigenvalue weighted by molar-refractivity contribution is -0.137. The molecule has 64 heavy (non-hydrogen) atoms. The van der Waals surface area contributed by atoms with E-state index in [-0.39, 0.29) is 36.6 Å². The molecule has 0 radical (unpaired) electrons. The number of unbranched alkanes of at least 4 members (excludes halogenated alkanes) is 4. The third kappa shape index (κ3) is 12.1. The SMILES string of the molecule is CC(N)=C(c1ccccc1)c1nc(-c2cccc(CCCCCCCN3CCC(c4cc(CN(C)C5CCC(=O)NC5=O)c(C=O)cc4F)CC3)c2)cc(N2CCN(CCO)CC2)n1. The molecular weight excluding hydrogens is 808 g/mol. The highest BCUT2D eigenvalue weighted by Gasteiger charge is 2.31. The molecule has 4 heterocycles. The number of likely N-dealkylation sites (N-methyl/N-ethyl adjacent to an activating group) is 1. The topological polar surface area (TPSA) is 148 Å². The molecule has 1 atom stereocenters. The van der Waals surface area contributed by atoms with Crippen molar-refractivity contribution in [2.24, 2.45) is 5.73 Å². The van der Waals surface area contributed by atoms with Crippen molar-refractivity contribution in [3.05, 3.63) is 118 Å². The van der Waals surface area contributed by atoms with E-state index in [9.17, 15) is 19.5 Å². The maximum absolute atomic E-state index is 15.4. The largest absolute Gasteiger partial charge is 0.402 e. The molecule has 1 unspecified atom stereocenters. The van der Waals surface area contributed by atoms with Crippen molar-refractivity contribution in [3.63, 3.8) is 0 Å². The first-order valence-electron chi connectivity index (χ1n) is 23.2. The zero-order chi connectivity index (χ0) is 45.0. The zero-order valence-electron chi connectivity index (χ0n) is 37.6. The second kappa shape index (κ2) is 22.5. The normalized spacial score (nSPS) is 18.3. The first kappa shape index (κ1) is 46.6. The minimum Gasteiger partial charge on any atom is -0.402 e. The van der Waals surface area contributed by atoms with Gasteiger partial charge in [0.05, 0.1) is 18.3 Å². The number of rotatable bonds is 19. The molecule has 0 aliphatic carbocycles. The van der Waals surface area contributed by atoms with Gasteiger partial charge in [0.1, 0.15) is 17.9 Å². The molecule has 0 bridgehead atoms. The van der Waals surface area contributed by atoms with Crippen LogP contribution in [-0.2, 0) is 22.6 Å². The molecule has 1 aromatic heterocycles. The Labute approximate surface area is 377 Å². The van der Waals surface area contributed by atoms with Crippen LogP contribution in [-0.4, -0.2) is 120 Å². The number of carbonyl (C=O) groups is 3. The smallest absolute Gasteiger partial charge is 0.243 e. The highest BCUT2D eigenvalue weighted by atomic mass is 19.1. The first-order valence-corrected chi connectivity index (χ1v) is 23.2. The minimum absolute atomic E-state index is 0.0752. The molecule has 7 rings (SSSR count). The van der Waals surface area contributed by atoms with Gasteiger partial charge >= 0.3 is 0 Å². The lowest BCUT2D eigenvalue weighted by atomic mass is 9.87. The van der Waals surface area contributed by atoms with Gasteiger partial charge in [-0.15, -0.1) is 0 Å². The Morgan fingerprint density at radius 3 is 2.33 bits per heavy atom. The van der Waals surface area contributed by atoms with Crippen LogP contribution in [0.25, 0.3) is 16.8 Å². The van der Waals surface area contributed by atoms with E-state index in [2.05, 4.69) is 50.3 Å². The summed E-state index contributed by atoms with van der Waals surface area (Å²) in [6.07, 6.45) is 9.85. The molecule has 3 aliphatic rings. The standard InChI is InChI=1S/C51H65FN8O4/c1-36(53)49(39-14-8-6-9-15-39)50-54-45(33-47(55-50)60-26-24-59(25-27-60)28-29-61)40-16-11-13-37(30-40)12-7-4-3-5-10-21-58-22-19-38(20-23-58)43-31-41(42(35-62)32-44(43)52)34-57(2)46-17-18-48(63)56-51(46)64/h6,8-9,11,13-16,30-33,35,38,46,61H,3-5,7,10,12,17-29,34,53H2,1-2H3,(H,56,63,64). The molecule has 3 fully saturated rings. The highest BCUT2D eigenvalue weighted by molar-refractivity contribution is 6.00. The minimum atomic E-state index is -0.471. The predicted octanol–water partition coefficient (Wildman–Crippen LogP) is 6.56. The number of aldehydes is 1. The van der Waals surface area contributed by atoms with E-state index in [0.29, 0.717) is 54.0 Å². The number of amides is 2. The van der Waals surface area contributed by atoms with E-state index in [1.54, 1.807) is 7.05 Å². The molecule has 3 saturated heterocycles. The molecule has 3 aromatic carbocycles. The fourth-order valence-corrected chi connectivity index (χ4v) is 9.58. The van der Waals surface area contributed by atoms with Crippen molar-refractivity contribution in [3.8, 4) is 11.3 Å². The van der Waals surface area contributed by atoms with Crippen molar-refractivity contribution in [1.29, 1.82) is 0 Å². The molecule has 12 nitrogen and oxygen atoms in total. The molecule has 13 heteroatoms. The molecule has 4 N–H and O–H groups in total. The number of hydrogen-bond acceptors (Lipinski definition) is 11. The second-order valence-electron chi connectivity index (χ2n) is 17.8. The van der Waals surface area contributed by atoms with Crippen LogP contribution in [0, 0.1) is 5.82 Å². The summed E-state index contributed by atoms with van der Waals surface area (Å²) in [6.45, 7) is 9.28. The summed E-state index contributed by atoms with van der Waals surface area (Å²) in [7, 11) is 1.80. The average Bonchev–Trinajstić information content (AvgIpc) is 3.30. The Bertz CT molecular complexity index is 2250. The van der Waals surface area contributed by atoms with Gasteiger partial charge in [-0.1, -0.05) is 73.9 Å². The number of aromatic nitrogens is 2. The number of hydrogen-bond donors (Lipinski definition) is 3. The summed E-state index contributed by atoms with van der Waals surface area (Å²) < 4.78 is 15.4. The molecule has 3 aliphatic heterocycles. The predicted molar refractivity (Wildman–Crippen MR) is 250 cm³/mol. The van der Waals surface area contributed by atoms with Crippen LogP contribution in [0.5, 0.6) is 0 Å². The Kier molecular flexibility index (Phi) is 16.4. The molecule has 340 valence electrons. The number of carbonyl (C=O) groups excluding carboxylic acids is 3. The fraction of sp³-hybridized carbons (Fsp3) is 0.471. The third-order valence-corrected chi connectivity index (χ3v) is 13.2. The number of piperidine rings is 2. The van der Waals surface area contributed by atoms with Gasteiger partial charge < -0.3 is 20.6 Å². The number of imide groups is 1. The third-order valence-electron chi connectivity index (χ3n) is 13.2. The van der Waals surface area contributed by atoms with E-state index >= 15 is 4.39 Å². The zero-order valence-corrected chi connectivity index (χ0v) is 37.6. The van der Waals surface area contributed by atoms with Crippen LogP contribution in [0.15, 0.2) is 78.5 Å². The van der Waals surface area contributed by atoms with Crippen LogP contribution < -0.4 is 16.0 Å². The van der Waals surface area contributed by atoms with Gasteiger partial charge in [0.2, 0.25) is 11.8 Å². The van der Waals surface area contributed by atoms with E-state index in [1.165, 1.54) is 24.5 Å². The number of benzene rings is 3. The number of piperazine rings is 1. The van der Waals surface area contributed by atoms with Gasteiger partial charge in [0.25, 0.3) is 0 Å². The van der Waals surface area contributed by atoms with E-state index < -0.39 is 6.04 Å². The summed E-state index contributed by atoms with van der Waals surface area (Å²) in [6, 6.07) is 23.6. The van der Waals surface area contributed by atoms with Crippen LogP contribution in [0.4, 0.5) is 10.2 Å². The number of halogens is 1. The summed E-state index contributed by atoms with van der Waals surface area (Å²) >= 11 is 0. The first-order chi connectivity index (χ1) is 31.1. The molecule has 2 amide bonds. The summed E-state index contributed by atoms with van der Waals surface area (Å²) in [4.78, 5) is 55.2. The summed E-state index contributed by atoms with van der Waals surface area (Å²) in [5.41, 5.74) is 13.9. The van der Waals surface area contributed by atoms with Gasteiger partial charge in [-0.2, -0.15) is 0 Å². The van der Waals surface area contributed by atoms with Gasteiger partial charge in [-0.25, -0.2) is 14.4 Å². The molecule has 0 saturated carbocycles. The van der Waals surface area contributed by atoms with Crippen molar-refractivity contribution in [1.82, 2.24) is 30.0 Å². The quantitative estimate of drug-likeness (QED) is 0.0535. The lowest BCUT2D eigenvalue weighted by Gasteiger charge is -2.35. The van der Waals surface area contributed by atoms with Crippen molar-refractivity contribution < 1.29 is 23.9 Å². The van der Waals surface area contributed by atoms with Gasteiger partial charge in [0.15, 0.2) is 5.82 Å². The summed E-state index contributed by atoms with van der Waals surface area (Å²) in [5.74, 6) is 0.635. The maximum Gasteiger partial charge on any atom is 0.243 e. The van der Waals surface area contributed by atoms with Crippen LogP contribution in [0.1, 0.15) is 109 Å².